The van der Waals surface area contributed by atoms with Crippen LogP contribution in [0.4, 0.5) is 0 Å². The molecule has 4 nitrogen and oxygen atoms in total. The highest BCUT2D eigenvalue weighted by molar-refractivity contribution is 5.85. The maximum absolute atomic E-state index is 10.6. The fourth-order valence-corrected chi connectivity index (χ4v) is 3.93. The summed E-state index contributed by atoms with van der Waals surface area (Å²) in [5.74, 6) is 1.75. The van der Waals surface area contributed by atoms with E-state index in [1.54, 1.807) is 14.2 Å². The average Bonchev–Trinajstić information content (AvgIpc) is 2.55. The van der Waals surface area contributed by atoms with Crippen molar-refractivity contribution >= 4 is 12.4 Å². The van der Waals surface area contributed by atoms with E-state index in [2.05, 4.69) is 5.32 Å². The maximum atomic E-state index is 10.6. The Morgan fingerprint density at radius 1 is 0.957 bits per heavy atom. The van der Waals surface area contributed by atoms with Crippen molar-refractivity contribution in [3.05, 3.63) is 23.3 Å². The van der Waals surface area contributed by atoms with E-state index in [0.29, 0.717) is 12.5 Å². The normalized spacial score (nSPS) is 24.5. The molecular weight excluding hydrogens is 314 g/mol. The number of aliphatic hydroxyl groups excluding tert-OH is 1. The highest BCUT2D eigenvalue weighted by atomic mass is 35.5. The van der Waals surface area contributed by atoms with Gasteiger partial charge in [0, 0.05) is 29.6 Å². The molecule has 0 aromatic heterocycles. The van der Waals surface area contributed by atoms with Crippen molar-refractivity contribution in [3.8, 4) is 11.5 Å². The van der Waals surface area contributed by atoms with Crippen molar-refractivity contribution in [3.63, 3.8) is 0 Å². The Bertz CT molecular complexity index is 517. The van der Waals surface area contributed by atoms with Crippen LogP contribution in [0.1, 0.15) is 43.2 Å². The van der Waals surface area contributed by atoms with Crippen LogP contribution >= 0.6 is 12.4 Å². The first-order valence-electron chi connectivity index (χ1n) is 8.39. The molecule has 5 heteroatoms. The lowest BCUT2D eigenvalue weighted by Gasteiger charge is -2.36. The number of nitrogens with one attached hydrogen (secondary N) is 1. The first kappa shape index (κ1) is 18.4. The van der Waals surface area contributed by atoms with Gasteiger partial charge in [-0.25, -0.2) is 0 Å². The minimum Gasteiger partial charge on any atom is -0.496 e. The van der Waals surface area contributed by atoms with Gasteiger partial charge in [-0.1, -0.05) is 19.3 Å². The molecule has 1 fully saturated rings. The van der Waals surface area contributed by atoms with Crippen molar-refractivity contribution in [2.45, 2.75) is 63.1 Å². The van der Waals surface area contributed by atoms with Crippen LogP contribution < -0.4 is 14.8 Å². The molecular formula is C18H28ClNO3. The lowest BCUT2D eigenvalue weighted by Crippen LogP contribution is -2.50. The monoisotopic (exact) mass is 341 g/mol. The van der Waals surface area contributed by atoms with Gasteiger partial charge in [0.05, 0.1) is 20.3 Å². The Labute approximate surface area is 145 Å². The lowest BCUT2D eigenvalue weighted by atomic mass is 9.83. The zero-order valence-electron chi connectivity index (χ0n) is 14.0. The summed E-state index contributed by atoms with van der Waals surface area (Å²) in [6, 6.07) is 4.55. The molecule has 2 aliphatic carbocycles. The van der Waals surface area contributed by atoms with Crippen LogP contribution in [-0.2, 0) is 12.8 Å². The fourth-order valence-electron chi connectivity index (χ4n) is 3.93. The minimum absolute atomic E-state index is 0. The molecule has 0 radical (unpaired) electrons. The van der Waals surface area contributed by atoms with Gasteiger partial charge in [0.2, 0.25) is 0 Å². The van der Waals surface area contributed by atoms with E-state index in [1.807, 2.05) is 12.1 Å². The Kier molecular flexibility index (Phi) is 6.57. The third kappa shape index (κ3) is 3.93. The molecule has 23 heavy (non-hydrogen) atoms. The van der Waals surface area contributed by atoms with E-state index in [1.165, 1.54) is 37.7 Å². The van der Waals surface area contributed by atoms with Gasteiger partial charge in [-0.2, -0.15) is 0 Å². The first-order valence-corrected chi connectivity index (χ1v) is 8.39. The Morgan fingerprint density at radius 2 is 1.52 bits per heavy atom. The lowest BCUT2D eigenvalue weighted by molar-refractivity contribution is 0.107. The second-order valence-corrected chi connectivity index (χ2v) is 6.51. The second kappa shape index (κ2) is 8.22. The predicted octanol–water partition coefficient (Wildman–Crippen LogP) is 2.88. The summed E-state index contributed by atoms with van der Waals surface area (Å²) < 4.78 is 11.0. The molecule has 0 amide bonds. The molecule has 1 aromatic rings. The van der Waals surface area contributed by atoms with Gasteiger partial charge in [0.1, 0.15) is 11.5 Å². The third-order valence-corrected chi connectivity index (χ3v) is 5.14. The second-order valence-electron chi connectivity index (χ2n) is 6.51. The summed E-state index contributed by atoms with van der Waals surface area (Å²) in [5, 5.41) is 14.3. The first-order chi connectivity index (χ1) is 10.7. The van der Waals surface area contributed by atoms with Crippen LogP contribution in [0.15, 0.2) is 12.1 Å². The molecule has 1 aromatic carbocycles. The van der Waals surface area contributed by atoms with E-state index in [9.17, 15) is 5.11 Å². The topological polar surface area (TPSA) is 50.7 Å². The van der Waals surface area contributed by atoms with Gasteiger partial charge in [-0.05, 0) is 31.4 Å². The van der Waals surface area contributed by atoms with Crippen molar-refractivity contribution in [1.29, 1.82) is 0 Å². The largest absolute Gasteiger partial charge is 0.496 e. The molecule has 0 saturated heterocycles. The maximum Gasteiger partial charge on any atom is 0.122 e. The van der Waals surface area contributed by atoms with Crippen LogP contribution in [0.3, 0.4) is 0 Å². The van der Waals surface area contributed by atoms with Crippen LogP contribution in [0.5, 0.6) is 11.5 Å². The van der Waals surface area contributed by atoms with Gasteiger partial charge >= 0.3 is 0 Å². The Morgan fingerprint density at radius 3 is 2.09 bits per heavy atom. The molecule has 0 bridgehead atoms. The van der Waals surface area contributed by atoms with Crippen molar-refractivity contribution in [2.75, 3.05) is 14.2 Å². The summed E-state index contributed by atoms with van der Waals surface area (Å²) in [6.07, 6.45) is 7.46. The van der Waals surface area contributed by atoms with Crippen molar-refractivity contribution in [2.24, 2.45) is 0 Å². The summed E-state index contributed by atoms with van der Waals surface area (Å²) >= 11 is 0. The molecule has 2 N–H and O–H groups in total. The number of fused-ring (bicyclic) bond motifs is 1. The number of benzene rings is 1. The summed E-state index contributed by atoms with van der Waals surface area (Å²) in [5.41, 5.74) is 2.27. The van der Waals surface area contributed by atoms with Crippen molar-refractivity contribution < 1.29 is 14.6 Å². The summed E-state index contributed by atoms with van der Waals surface area (Å²) in [7, 11) is 3.39. The van der Waals surface area contributed by atoms with Gasteiger partial charge in [0.25, 0.3) is 0 Å². The van der Waals surface area contributed by atoms with E-state index >= 15 is 0 Å². The van der Waals surface area contributed by atoms with Gasteiger partial charge in [-0.15, -0.1) is 12.4 Å². The molecule has 1 saturated carbocycles. The van der Waals surface area contributed by atoms with E-state index in [-0.39, 0.29) is 24.6 Å². The molecule has 2 atom stereocenters. The molecule has 130 valence electrons. The highest BCUT2D eigenvalue weighted by Crippen LogP contribution is 2.36. The molecule has 0 unspecified atom stereocenters. The van der Waals surface area contributed by atoms with E-state index in [0.717, 1.165) is 23.5 Å². The molecule has 0 spiro atoms. The van der Waals surface area contributed by atoms with Gasteiger partial charge in [0.15, 0.2) is 0 Å². The smallest absolute Gasteiger partial charge is 0.122 e. The van der Waals surface area contributed by atoms with Crippen LogP contribution in [-0.4, -0.2) is 37.5 Å². The number of methoxy groups -OCH3 is 2. The average molecular weight is 342 g/mol. The SMILES string of the molecule is COc1ccc(OC)c2c1C[C@H](NC1CCCCC1)[C@@H](O)C2.Cl. The standard InChI is InChI=1S/C18H27NO3.ClH/c1-21-17-8-9-18(22-2)14-11-16(20)15(10-13(14)17)19-12-6-4-3-5-7-12;/h8-9,12,15-16,19-20H,3-7,10-11H2,1-2H3;1H/t15-,16-;/m0./s1. The zero-order valence-corrected chi connectivity index (χ0v) is 14.8. The van der Waals surface area contributed by atoms with Gasteiger partial charge < -0.3 is 19.9 Å². The molecule has 0 aliphatic heterocycles. The number of aliphatic hydroxyl groups is 1. The number of hydrogen-bond donors (Lipinski definition) is 2. The summed E-state index contributed by atoms with van der Waals surface area (Å²) in [6.45, 7) is 0. The van der Waals surface area contributed by atoms with Crippen LogP contribution in [0.2, 0.25) is 0 Å². The third-order valence-electron chi connectivity index (χ3n) is 5.14. The van der Waals surface area contributed by atoms with E-state index < -0.39 is 0 Å². The van der Waals surface area contributed by atoms with Gasteiger partial charge in [-0.3, -0.25) is 0 Å². The number of hydrogen-bond acceptors (Lipinski definition) is 4. The van der Waals surface area contributed by atoms with Crippen molar-refractivity contribution in [1.82, 2.24) is 5.32 Å². The highest BCUT2D eigenvalue weighted by Gasteiger charge is 2.32. The molecule has 2 aliphatic rings. The van der Waals surface area contributed by atoms with E-state index in [4.69, 9.17) is 9.47 Å². The van der Waals surface area contributed by atoms with Crippen LogP contribution in [0.25, 0.3) is 0 Å². The number of rotatable bonds is 4. The minimum atomic E-state index is -0.365. The predicted molar refractivity (Wildman–Crippen MR) is 94.0 cm³/mol. The number of ether oxygens (including phenoxy) is 2. The Balaban J connectivity index is 0.00000192. The molecule has 0 heterocycles. The quantitative estimate of drug-likeness (QED) is 0.884. The Hall–Kier alpha value is -0.970. The number of halogens is 1. The fraction of sp³-hybridized carbons (Fsp3) is 0.667. The van der Waals surface area contributed by atoms with Crippen LogP contribution in [0, 0.1) is 0 Å². The molecule has 3 rings (SSSR count). The summed E-state index contributed by atoms with van der Waals surface area (Å²) in [4.78, 5) is 0. The zero-order chi connectivity index (χ0) is 15.5.